The lowest BCUT2D eigenvalue weighted by molar-refractivity contribution is 0.123. The molecule has 1 saturated heterocycles. The summed E-state index contributed by atoms with van der Waals surface area (Å²) >= 11 is 7.76. The Labute approximate surface area is 106 Å². The summed E-state index contributed by atoms with van der Waals surface area (Å²) in [5.41, 5.74) is 7.30. The molecule has 1 aromatic rings. The summed E-state index contributed by atoms with van der Waals surface area (Å²) in [6, 6.07) is 2.89. The van der Waals surface area contributed by atoms with Crippen LogP contribution in [0.3, 0.4) is 0 Å². The zero-order valence-electron chi connectivity index (χ0n) is 9.66. The van der Waals surface area contributed by atoms with E-state index in [-0.39, 0.29) is 6.04 Å². The van der Waals surface area contributed by atoms with Gasteiger partial charge in [0.1, 0.15) is 0 Å². The number of hydrogen-bond donors (Lipinski definition) is 1. The van der Waals surface area contributed by atoms with Gasteiger partial charge < -0.3 is 5.73 Å². The fourth-order valence-corrected chi connectivity index (χ4v) is 3.37. The number of piperidine rings is 1. The number of hydrogen-bond acceptors (Lipinski definition) is 3. The van der Waals surface area contributed by atoms with Crippen molar-refractivity contribution in [1.29, 1.82) is 0 Å². The highest BCUT2D eigenvalue weighted by atomic mass is 35.5. The van der Waals surface area contributed by atoms with Gasteiger partial charge in [-0.2, -0.15) is 0 Å². The van der Waals surface area contributed by atoms with Crippen LogP contribution < -0.4 is 5.73 Å². The van der Waals surface area contributed by atoms with Gasteiger partial charge in [0.15, 0.2) is 0 Å². The van der Waals surface area contributed by atoms with E-state index in [0.29, 0.717) is 6.04 Å². The van der Waals surface area contributed by atoms with Gasteiger partial charge in [0.25, 0.3) is 0 Å². The van der Waals surface area contributed by atoms with Gasteiger partial charge in [-0.05, 0) is 43.3 Å². The molecule has 0 saturated carbocycles. The van der Waals surface area contributed by atoms with Gasteiger partial charge in [-0.1, -0.05) is 18.0 Å². The Morgan fingerprint density at radius 3 is 3.06 bits per heavy atom. The van der Waals surface area contributed by atoms with Gasteiger partial charge in [0.05, 0.1) is 4.34 Å². The molecule has 0 spiro atoms. The SMILES string of the molecule is CC(N)C1CCCCN1Cc1ccsc1Cl. The number of nitrogens with zero attached hydrogens (tertiary/aromatic N) is 1. The van der Waals surface area contributed by atoms with E-state index in [1.807, 2.05) is 0 Å². The molecule has 2 atom stereocenters. The monoisotopic (exact) mass is 258 g/mol. The molecular formula is C12H19ClN2S. The Balaban J connectivity index is 2.04. The van der Waals surface area contributed by atoms with Gasteiger partial charge in [0, 0.05) is 18.6 Å². The minimum Gasteiger partial charge on any atom is -0.327 e. The molecule has 1 aliphatic heterocycles. The second-order valence-corrected chi connectivity index (χ2v) is 6.13. The van der Waals surface area contributed by atoms with Crippen molar-refractivity contribution in [2.45, 2.75) is 44.8 Å². The van der Waals surface area contributed by atoms with Crippen LogP contribution in [0.15, 0.2) is 11.4 Å². The molecule has 16 heavy (non-hydrogen) atoms. The predicted octanol–water partition coefficient (Wildman–Crippen LogP) is 3.10. The highest BCUT2D eigenvalue weighted by Crippen LogP contribution is 2.27. The Morgan fingerprint density at radius 2 is 2.44 bits per heavy atom. The summed E-state index contributed by atoms with van der Waals surface area (Å²) in [4.78, 5) is 2.49. The number of nitrogens with two attached hydrogens (primary N) is 1. The molecule has 0 aliphatic carbocycles. The van der Waals surface area contributed by atoms with Crippen LogP contribution in [0.5, 0.6) is 0 Å². The minimum atomic E-state index is 0.248. The van der Waals surface area contributed by atoms with E-state index < -0.39 is 0 Å². The van der Waals surface area contributed by atoms with Gasteiger partial charge >= 0.3 is 0 Å². The third kappa shape index (κ3) is 2.77. The van der Waals surface area contributed by atoms with Gasteiger partial charge in [0.2, 0.25) is 0 Å². The molecule has 2 unspecified atom stereocenters. The predicted molar refractivity (Wildman–Crippen MR) is 71.0 cm³/mol. The fraction of sp³-hybridized carbons (Fsp3) is 0.667. The first-order valence-corrected chi connectivity index (χ1v) is 7.15. The van der Waals surface area contributed by atoms with Crippen molar-refractivity contribution in [2.24, 2.45) is 5.73 Å². The summed E-state index contributed by atoms with van der Waals surface area (Å²) in [5.74, 6) is 0. The van der Waals surface area contributed by atoms with E-state index in [2.05, 4.69) is 23.3 Å². The average Bonchev–Trinajstić information content (AvgIpc) is 2.65. The number of likely N-dealkylation sites (tertiary alicyclic amines) is 1. The number of thiophene rings is 1. The standard InChI is InChI=1S/C12H19ClN2S/c1-9(14)11-4-2-3-6-15(11)8-10-5-7-16-12(10)13/h5,7,9,11H,2-4,6,8,14H2,1H3. The first kappa shape index (κ1) is 12.4. The van der Waals surface area contributed by atoms with Crippen LogP contribution >= 0.6 is 22.9 Å². The van der Waals surface area contributed by atoms with Crippen LogP contribution in [-0.2, 0) is 6.54 Å². The highest BCUT2D eigenvalue weighted by molar-refractivity contribution is 7.14. The van der Waals surface area contributed by atoms with Crippen LogP contribution in [0.4, 0.5) is 0 Å². The Bertz CT molecular complexity index is 338. The van der Waals surface area contributed by atoms with E-state index in [1.165, 1.54) is 24.8 Å². The molecule has 2 N–H and O–H groups in total. The molecular weight excluding hydrogens is 240 g/mol. The van der Waals surface area contributed by atoms with Crippen LogP contribution in [0.2, 0.25) is 4.34 Å². The summed E-state index contributed by atoms with van der Waals surface area (Å²) in [6.45, 7) is 4.21. The maximum atomic E-state index is 6.15. The summed E-state index contributed by atoms with van der Waals surface area (Å²) < 4.78 is 0.925. The average molecular weight is 259 g/mol. The van der Waals surface area contributed by atoms with E-state index in [1.54, 1.807) is 11.3 Å². The molecule has 2 nitrogen and oxygen atoms in total. The second kappa shape index (κ2) is 5.50. The lowest BCUT2D eigenvalue weighted by Gasteiger charge is -2.37. The molecule has 0 aromatic carbocycles. The van der Waals surface area contributed by atoms with E-state index in [0.717, 1.165) is 17.4 Å². The molecule has 2 rings (SSSR count). The molecule has 1 fully saturated rings. The van der Waals surface area contributed by atoms with Gasteiger partial charge in [-0.15, -0.1) is 11.3 Å². The van der Waals surface area contributed by atoms with Crippen LogP contribution in [0.25, 0.3) is 0 Å². The van der Waals surface area contributed by atoms with Crippen LogP contribution in [-0.4, -0.2) is 23.5 Å². The molecule has 2 heterocycles. The first-order valence-electron chi connectivity index (χ1n) is 5.90. The quantitative estimate of drug-likeness (QED) is 0.903. The topological polar surface area (TPSA) is 29.3 Å². The summed E-state index contributed by atoms with van der Waals surface area (Å²) in [6.07, 6.45) is 3.81. The molecule has 0 amide bonds. The molecule has 1 aromatic heterocycles. The van der Waals surface area contributed by atoms with E-state index in [9.17, 15) is 0 Å². The van der Waals surface area contributed by atoms with Crippen molar-refractivity contribution in [3.8, 4) is 0 Å². The second-order valence-electron chi connectivity index (χ2n) is 4.61. The first-order chi connectivity index (χ1) is 7.68. The lowest BCUT2D eigenvalue weighted by Crippen LogP contribution is -2.48. The molecule has 0 radical (unpaired) electrons. The van der Waals surface area contributed by atoms with Crippen molar-refractivity contribution in [3.63, 3.8) is 0 Å². The van der Waals surface area contributed by atoms with E-state index in [4.69, 9.17) is 17.3 Å². The van der Waals surface area contributed by atoms with E-state index >= 15 is 0 Å². The molecule has 0 bridgehead atoms. The molecule has 90 valence electrons. The Morgan fingerprint density at radius 1 is 1.62 bits per heavy atom. The molecule has 4 heteroatoms. The van der Waals surface area contributed by atoms with Crippen molar-refractivity contribution < 1.29 is 0 Å². The Hall–Kier alpha value is -0.0900. The molecule has 1 aliphatic rings. The summed E-state index contributed by atoms with van der Waals surface area (Å²) in [7, 11) is 0. The normalized spacial score (nSPS) is 24.6. The van der Waals surface area contributed by atoms with Gasteiger partial charge in [-0.3, -0.25) is 4.90 Å². The van der Waals surface area contributed by atoms with Gasteiger partial charge in [-0.25, -0.2) is 0 Å². The zero-order chi connectivity index (χ0) is 11.5. The fourth-order valence-electron chi connectivity index (χ4n) is 2.46. The van der Waals surface area contributed by atoms with Crippen LogP contribution in [0, 0.1) is 0 Å². The van der Waals surface area contributed by atoms with Crippen LogP contribution in [0.1, 0.15) is 31.7 Å². The third-order valence-electron chi connectivity index (χ3n) is 3.34. The summed E-state index contributed by atoms with van der Waals surface area (Å²) in [5, 5.41) is 2.06. The maximum absolute atomic E-state index is 6.15. The largest absolute Gasteiger partial charge is 0.327 e. The Kier molecular flexibility index (Phi) is 4.25. The minimum absolute atomic E-state index is 0.248. The highest BCUT2D eigenvalue weighted by Gasteiger charge is 2.25. The lowest BCUT2D eigenvalue weighted by atomic mass is 9.96. The van der Waals surface area contributed by atoms with Crippen molar-refractivity contribution >= 4 is 22.9 Å². The maximum Gasteiger partial charge on any atom is 0.0973 e. The zero-order valence-corrected chi connectivity index (χ0v) is 11.2. The van der Waals surface area contributed by atoms with Crippen molar-refractivity contribution in [3.05, 3.63) is 21.3 Å². The number of rotatable bonds is 3. The van der Waals surface area contributed by atoms with Crippen molar-refractivity contribution in [1.82, 2.24) is 4.90 Å². The number of halogens is 1. The smallest absolute Gasteiger partial charge is 0.0973 e. The third-order valence-corrected chi connectivity index (χ3v) is 4.59. The van der Waals surface area contributed by atoms with Crippen molar-refractivity contribution in [2.75, 3.05) is 6.54 Å².